The van der Waals surface area contributed by atoms with E-state index in [4.69, 9.17) is 0 Å². The van der Waals surface area contributed by atoms with E-state index < -0.39 is 0 Å². The van der Waals surface area contributed by atoms with Crippen molar-refractivity contribution < 1.29 is 4.79 Å². The van der Waals surface area contributed by atoms with E-state index in [1.54, 1.807) is 6.08 Å². The lowest BCUT2D eigenvalue weighted by atomic mass is 10.00. The Morgan fingerprint density at radius 2 is 1.89 bits per heavy atom. The van der Waals surface area contributed by atoms with Crippen molar-refractivity contribution in [3.63, 3.8) is 0 Å². The number of ketones is 1. The Morgan fingerprint density at radius 1 is 1.28 bits per heavy atom. The van der Waals surface area contributed by atoms with E-state index in [2.05, 4.69) is 17.2 Å². The normalized spacial score (nSPS) is 13.7. The number of hydrogen-bond acceptors (Lipinski definition) is 3. The average molecular weight is 242 g/mol. The van der Waals surface area contributed by atoms with Gasteiger partial charge in [0.25, 0.3) is 0 Å². The zero-order valence-electron chi connectivity index (χ0n) is 10.6. The number of benzene rings is 1. The highest BCUT2D eigenvalue weighted by Gasteiger charge is 2.18. The van der Waals surface area contributed by atoms with E-state index >= 15 is 0 Å². The quantitative estimate of drug-likeness (QED) is 0.483. The van der Waals surface area contributed by atoms with Gasteiger partial charge in [0.1, 0.15) is 5.82 Å². The number of nitrogens with one attached hydrogen (secondary N) is 2. The van der Waals surface area contributed by atoms with Crippen LogP contribution in [0.1, 0.15) is 22.3 Å². The molecule has 0 saturated carbocycles. The van der Waals surface area contributed by atoms with E-state index in [1.165, 1.54) is 0 Å². The number of hydrogen-bond donors (Lipinski definition) is 2. The van der Waals surface area contributed by atoms with Crippen LogP contribution in [0.4, 0.5) is 0 Å². The second-order valence-corrected chi connectivity index (χ2v) is 4.40. The lowest BCUT2D eigenvalue weighted by Crippen LogP contribution is -2.18. The molecular formula is C15H18N2O. The minimum Gasteiger partial charge on any atom is -0.370 e. The first kappa shape index (κ1) is 12.4. The lowest BCUT2D eigenvalue weighted by molar-refractivity contribution is 0.103. The molecule has 18 heavy (non-hydrogen) atoms. The second-order valence-electron chi connectivity index (χ2n) is 4.40. The van der Waals surface area contributed by atoms with Crippen LogP contribution in [0.25, 0.3) is 0 Å². The Kier molecular flexibility index (Phi) is 3.82. The fraction of sp³-hybridized carbons (Fsp3) is 0.267. The summed E-state index contributed by atoms with van der Waals surface area (Å²) in [6.07, 6.45) is 2.33. The second kappa shape index (κ2) is 5.54. The molecule has 2 rings (SSSR count). The number of allylic oxidation sites excluding steroid dienone is 2. The molecule has 0 amide bonds. The van der Waals surface area contributed by atoms with E-state index in [1.807, 2.05) is 31.2 Å². The first-order valence-corrected chi connectivity index (χ1v) is 6.15. The molecular weight excluding hydrogens is 224 g/mol. The summed E-state index contributed by atoms with van der Waals surface area (Å²) in [5.74, 6) is 0.910. The van der Waals surface area contributed by atoms with Gasteiger partial charge in [-0.3, -0.25) is 4.79 Å². The van der Waals surface area contributed by atoms with Crippen molar-refractivity contribution in [1.82, 2.24) is 10.6 Å². The summed E-state index contributed by atoms with van der Waals surface area (Å²) in [5.41, 5.74) is 2.63. The molecule has 1 aliphatic rings. The maximum atomic E-state index is 12.4. The van der Waals surface area contributed by atoms with E-state index in [0.29, 0.717) is 6.42 Å². The highest BCUT2D eigenvalue weighted by Crippen LogP contribution is 2.16. The molecule has 3 heteroatoms. The van der Waals surface area contributed by atoms with Crippen molar-refractivity contribution in [3.05, 3.63) is 59.4 Å². The summed E-state index contributed by atoms with van der Waals surface area (Å²) >= 11 is 0. The van der Waals surface area contributed by atoms with Crippen LogP contribution >= 0.6 is 0 Å². The Morgan fingerprint density at radius 3 is 2.44 bits per heavy atom. The molecule has 1 fully saturated rings. The number of aryl methyl sites for hydroxylation is 1. The molecule has 1 heterocycles. The van der Waals surface area contributed by atoms with Gasteiger partial charge in [0.15, 0.2) is 5.78 Å². The van der Waals surface area contributed by atoms with Gasteiger partial charge in [0.2, 0.25) is 0 Å². The predicted molar refractivity (Wildman–Crippen MR) is 73.4 cm³/mol. The summed E-state index contributed by atoms with van der Waals surface area (Å²) in [7, 11) is 0. The molecule has 0 radical (unpaired) electrons. The SMILES string of the molecule is C=CCC(C(=O)c1ccc(C)cc1)=C1NCCN1. The first-order valence-electron chi connectivity index (χ1n) is 6.15. The zero-order valence-corrected chi connectivity index (χ0v) is 10.6. The Labute approximate surface area is 108 Å². The summed E-state index contributed by atoms with van der Waals surface area (Å²) in [6.45, 7) is 7.45. The standard InChI is InChI=1S/C15H18N2O/c1-3-4-13(15-16-9-10-17-15)14(18)12-7-5-11(2)6-8-12/h3,5-8,16-17H,1,4,9-10H2,2H3. The van der Waals surface area contributed by atoms with Gasteiger partial charge in [0, 0.05) is 24.2 Å². The topological polar surface area (TPSA) is 41.1 Å². The number of carbonyl (C=O) groups is 1. The molecule has 1 saturated heterocycles. The van der Waals surface area contributed by atoms with Crippen molar-refractivity contribution in [2.75, 3.05) is 13.1 Å². The van der Waals surface area contributed by atoms with Crippen molar-refractivity contribution >= 4 is 5.78 Å². The van der Waals surface area contributed by atoms with Crippen LogP contribution in [0.5, 0.6) is 0 Å². The van der Waals surface area contributed by atoms with Crippen molar-refractivity contribution in [1.29, 1.82) is 0 Å². The molecule has 1 aliphatic heterocycles. The lowest BCUT2D eigenvalue weighted by Gasteiger charge is -2.09. The first-order chi connectivity index (χ1) is 8.72. The van der Waals surface area contributed by atoms with Crippen LogP contribution in [0.2, 0.25) is 0 Å². The van der Waals surface area contributed by atoms with Crippen molar-refractivity contribution in [2.45, 2.75) is 13.3 Å². The summed E-state index contributed by atoms with van der Waals surface area (Å²) in [4.78, 5) is 12.4. The molecule has 2 N–H and O–H groups in total. The molecule has 0 spiro atoms. The molecule has 0 unspecified atom stereocenters. The minimum atomic E-state index is 0.0619. The van der Waals surface area contributed by atoms with Crippen LogP contribution in [0.15, 0.2) is 48.3 Å². The molecule has 94 valence electrons. The predicted octanol–water partition coefficient (Wildman–Crippen LogP) is 2.16. The van der Waals surface area contributed by atoms with Crippen molar-refractivity contribution in [3.8, 4) is 0 Å². The third-order valence-electron chi connectivity index (χ3n) is 2.97. The van der Waals surface area contributed by atoms with E-state index in [-0.39, 0.29) is 5.78 Å². The van der Waals surface area contributed by atoms with Crippen LogP contribution in [-0.4, -0.2) is 18.9 Å². The van der Waals surface area contributed by atoms with Crippen LogP contribution in [0, 0.1) is 6.92 Å². The van der Waals surface area contributed by atoms with E-state index in [0.717, 1.165) is 35.6 Å². The van der Waals surface area contributed by atoms with Gasteiger partial charge in [0.05, 0.1) is 0 Å². The van der Waals surface area contributed by atoms with Gasteiger partial charge in [-0.05, 0) is 13.3 Å². The van der Waals surface area contributed by atoms with Gasteiger partial charge in [-0.25, -0.2) is 0 Å². The van der Waals surface area contributed by atoms with Crippen LogP contribution in [-0.2, 0) is 0 Å². The minimum absolute atomic E-state index is 0.0619. The zero-order chi connectivity index (χ0) is 13.0. The monoisotopic (exact) mass is 242 g/mol. The Balaban J connectivity index is 2.31. The van der Waals surface area contributed by atoms with Crippen molar-refractivity contribution in [2.24, 2.45) is 0 Å². The highest BCUT2D eigenvalue weighted by atomic mass is 16.1. The molecule has 1 aromatic carbocycles. The largest absolute Gasteiger partial charge is 0.370 e. The molecule has 1 aromatic rings. The summed E-state index contributed by atoms with van der Waals surface area (Å²) in [6, 6.07) is 7.66. The Hall–Kier alpha value is -2.03. The van der Waals surface area contributed by atoms with E-state index in [9.17, 15) is 4.79 Å². The maximum Gasteiger partial charge on any atom is 0.192 e. The van der Waals surface area contributed by atoms with Crippen LogP contribution in [0.3, 0.4) is 0 Å². The number of carbonyl (C=O) groups excluding carboxylic acids is 1. The molecule has 3 nitrogen and oxygen atoms in total. The molecule has 0 atom stereocenters. The molecule has 0 aromatic heterocycles. The Bertz CT molecular complexity index is 478. The van der Waals surface area contributed by atoms with Gasteiger partial charge in [-0.1, -0.05) is 35.9 Å². The number of Topliss-reactive ketones (excluding diaryl/α,β-unsaturated/α-hetero) is 1. The fourth-order valence-electron chi connectivity index (χ4n) is 1.98. The highest BCUT2D eigenvalue weighted by molar-refractivity contribution is 6.09. The van der Waals surface area contributed by atoms with Gasteiger partial charge in [-0.15, -0.1) is 6.58 Å². The average Bonchev–Trinajstić information content (AvgIpc) is 2.90. The summed E-state index contributed by atoms with van der Waals surface area (Å²) < 4.78 is 0. The van der Waals surface area contributed by atoms with Gasteiger partial charge in [-0.2, -0.15) is 0 Å². The smallest absolute Gasteiger partial charge is 0.192 e. The fourth-order valence-corrected chi connectivity index (χ4v) is 1.98. The number of rotatable bonds is 4. The molecule has 0 aliphatic carbocycles. The van der Waals surface area contributed by atoms with Gasteiger partial charge < -0.3 is 10.6 Å². The third-order valence-corrected chi connectivity index (χ3v) is 2.97. The van der Waals surface area contributed by atoms with Gasteiger partial charge >= 0.3 is 0 Å². The third kappa shape index (κ3) is 2.62. The van der Waals surface area contributed by atoms with Crippen LogP contribution < -0.4 is 10.6 Å². The maximum absolute atomic E-state index is 12.4. The summed E-state index contributed by atoms with van der Waals surface area (Å²) in [5, 5.41) is 6.41. The molecule has 0 bridgehead atoms.